The molecule has 0 N–H and O–H groups in total. The van der Waals surface area contributed by atoms with Crippen LogP contribution in [0.25, 0.3) is 16.9 Å². The van der Waals surface area contributed by atoms with Crippen LogP contribution in [-0.2, 0) is 16.1 Å². The van der Waals surface area contributed by atoms with Gasteiger partial charge in [-0.2, -0.15) is 0 Å². The van der Waals surface area contributed by atoms with Gasteiger partial charge in [0.25, 0.3) is 5.88 Å². The number of ether oxygens (including phenoxy) is 1. The molecular weight excluding hydrogens is 368 g/mol. The molecule has 0 aliphatic rings. The summed E-state index contributed by atoms with van der Waals surface area (Å²) in [6.45, 7) is 7.62. The van der Waals surface area contributed by atoms with Crippen molar-refractivity contribution in [2.75, 3.05) is 7.11 Å². The summed E-state index contributed by atoms with van der Waals surface area (Å²) in [4.78, 5) is 21.2. The lowest BCUT2D eigenvalue weighted by atomic mass is 10.0. The normalized spacial score (nSPS) is 10.8. The molecule has 3 rings (SSSR count). The highest BCUT2D eigenvalue weighted by Gasteiger charge is 2.22. The number of aromatic nitrogens is 2. The van der Waals surface area contributed by atoms with Gasteiger partial charge < -0.3 is 4.74 Å². The number of benzene rings is 2. The van der Waals surface area contributed by atoms with Crippen LogP contribution in [0, 0.1) is 0 Å². The van der Waals surface area contributed by atoms with Crippen LogP contribution in [0.15, 0.2) is 48.5 Å². The molecule has 0 saturated carbocycles. The number of carbonyl (C=O) groups excluding carboxylic acids is 1. The lowest BCUT2D eigenvalue weighted by molar-refractivity contribution is -0.212. The van der Waals surface area contributed by atoms with Gasteiger partial charge in [-0.15, -0.1) is 5.10 Å². The van der Waals surface area contributed by atoms with Crippen molar-refractivity contribution in [3.63, 3.8) is 0 Å². The van der Waals surface area contributed by atoms with E-state index in [1.54, 1.807) is 7.11 Å². The van der Waals surface area contributed by atoms with E-state index in [-0.39, 0.29) is 5.88 Å². The monoisotopic (exact) mass is 394 g/mol. The van der Waals surface area contributed by atoms with E-state index in [0.29, 0.717) is 12.3 Å². The van der Waals surface area contributed by atoms with Crippen molar-refractivity contribution in [1.82, 2.24) is 9.78 Å². The van der Waals surface area contributed by atoms with E-state index in [0.717, 1.165) is 28.3 Å². The SMILES string of the molecule is CCc1c(OOC(C)=O)nn(-c2ccc(C(C)C)cc2)c1-c1ccc(OC)cc1. The summed E-state index contributed by atoms with van der Waals surface area (Å²) in [7, 11) is 1.64. The number of carbonyl (C=O) groups is 1. The molecule has 6 heteroatoms. The number of hydrogen-bond acceptors (Lipinski definition) is 5. The van der Waals surface area contributed by atoms with Gasteiger partial charge in [-0.1, -0.05) is 32.9 Å². The Labute approximate surface area is 171 Å². The van der Waals surface area contributed by atoms with Gasteiger partial charge in [-0.25, -0.2) is 14.4 Å². The summed E-state index contributed by atoms with van der Waals surface area (Å²) in [5, 5.41) is 4.60. The van der Waals surface area contributed by atoms with Crippen molar-refractivity contribution in [2.24, 2.45) is 0 Å². The Balaban J connectivity index is 2.14. The Morgan fingerprint density at radius 3 is 2.24 bits per heavy atom. The van der Waals surface area contributed by atoms with E-state index in [2.05, 4.69) is 31.1 Å². The van der Waals surface area contributed by atoms with Crippen LogP contribution in [0.1, 0.15) is 44.7 Å². The third-order valence-electron chi connectivity index (χ3n) is 4.71. The topological polar surface area (TPSA) is 62.6 Å². The molecule has 0 aliphatic heterocycles. The van der Waals surface area contributed by atoms with Crippen molar-refractivity contribution in [3.8, 4) is 28.6 Å². The van der Waals surface area contributed by atoms with Crippen LogP contribution in [-0.4, -0.2) is 22.9 Å². The zero-order chi connectivity index (χ0) is 21.0. The summed E-state index contributed by atoms with van der Waals surface area (Å²) in [6.07, 6.45) is 0.655. The van der Waals surface area contributed by atoms with Crippen LogP contribution in [0.2, 0.25) is 0 Å². The summed E-state index contributed by atoms with van der Waals surface area (Å²) in [5.74, 6) is 0.961. The fraction of sp³-hybridized carbons (Fsp3) is 0.304. The fourth-order valence-electron chi connectivity index (χ4n) is 3.15. The fourth-order valence-corrected chi connectivity index (χ4v) is 3.15. The molecule has 0 fully saturated rings. The molecule has 2 aromatic carbocycles. The van der Waals surface area contributed by atoms with Crippen molar-refractivity contribution >= 4 is 5.97 Å². The molecule has 3 aromatic rings. The van der Waals surface area contributed by atoms with Crippen molar-refractivity contribution in [3.05, 3.63) is 59.7 Å². The van der Waals surface area contributed by atoms with Gasteiger partial charge in [0.2, 0.25) is 0 Å². The first-order chi connectivity index (χ1) is 13.9. The van der Waals surface area contributed by atoms with Crippen LogP contribution >= 0.6 is 0 Å². The molecule has 0 spiro atoms. The van der Waals surface area contributed by atoms with Gasteiger partial charge in [0.05, 0.1) is 18.5 Å². The lowest BCUT2D eigenvalue weighted by Crippen LogP contribution is -2.05. The summed E-state index contributed by atoms with van der Waals surface area (Å²) in [5.41, 5.74) is 4.84. The molecule has 0 bridgehead atoms. The quantitative estimate of drug-likeness (QED) is 0.413. The molecule has 0 amide bonds. The Morgan fingerprint density at radius 1 is 1.07 bits per heavy atom. The summed E-state index contributed by atoms with van der Waals surface area (Å²) >= 11 is 0. The zero-order valence-electron chi connectivity index (χ0n) is 17.4. The van der Waals surface area contributed by atoms with E-state index < -0.39 is 5.97 Å². The maximum absolute atomic E-state index is 11.2. The first-order valence-corrected chi connectivity index (χ1v) is 9.66. The number of hydrogen-bond donors (Lipinski definition) is 0. The molecule has 152 valence electrons. The van der Waals surface area contributed by atoms with Crippen molar-refractivity contribution in [1.29, 1.82) is 0 Å². The average Bonchev–Trinajstić information content (AvgIpc) is 3.10. The largest absolute Gasteiger partial charge is 0.497 e. The van der Waals surface area contributed by atoms with Gasteiger partial charge in [0.15, 0.2) is 0 Å². The third kappa shape index (κ3) is 4.42. The zero-order valence-corrected chi connectivity index (χ0v) is 17.4. The second kappa shape index (κ2) is 8.82. The first kappa shape index (κ1) is 20.5. The van der Waals surface area contributed by atoms with Crippen LogP contribution < -0.4 is 9.62 Å². The molecule has 0 saturated heterocycles. The maximum Gasteiger partial charge on any atom is 0.352 e. The highest BCUT2D eigenvalue weighted by Crippen LogP contribution is 2.34. The molecule has 0 aliphatic carbocycles. The Kier molecular flexibility index (Phi) is 6.22. The van der Waals surface area contributed by atoms with Crippen LogP contribution in [0.5, 0.6) is 11.6 Å². The smallest absolute Gasteiger partial charge is 0.352 e. The molecule has 1 heterocycles. The Bertz CT molecular complexity index is 973. The standard InChI is InChI=1S/C23H26N2O4/c1-6-21-22(18-9-13-20(27-5)14-10-18)25(24-23(21)29-28-16(4)26)19-11-7-17(8-12-19)15(2)3/h7-15H,6H2,1-5H3. The average molecular weight is 394 g/mol. The van der Waals surface area contributed by atoms with Gasteiger partial charge >= 0.3 is 5.97 Å². The minimum Gasteiger partial charge on any atom is -0.497 e. The minimum absolute atomic E-state index is 0.279. The van der Waals surface area contributed by atoms with E-state index >= 15 is 0 Å². The molecule has 0 unspecified atom stereocenters. The van der Waals surface area contributed by atoms with Crippen LogP contribution in [0.3, 0.4) is 0 Å². The highest BCUT2D eigenvalue weighted by atomic mass is 17.2. The van der Waals surface area contributed by atoms with E-state index in [9.17, 15) is 4.79 Å². The number of methoxy groups -OCH3 is 1. The minimum atomic E-state index is -0.533. The Morgan fingerprint density at radius 2 is 1.72 bits per heavy atom. The third-order valence-corrected chi connectivity index (χ3v) is 4.71. The highest BCUT2D eigenvalue weighted by molar-refractivity contribution is 5.69. The predicted octanol–water partition coefficient (Wildman–Crippen LogP) is 5.09. The Hall–Kier alpha value is -3.28. The molecule has 29 heavy (non-hydrogen) atoms. The van der Waals surface area contributed by atoms with E-state index in [4.69, 9.17) is 14.5 Å². The second-order valence-electron chi connectivity index (χ2n) is 7.03. The van der Waals surface area contributed by atoms with Gasteiger partial charge in [0.1, 0.15) is 5.75 Å². The lowest BCUT2D eigenvalue weighted by Gasteiger charge is -2.11. The van der Waals surface area contributed by atoms with Gasteiger partial charge in [-0.3, -0.25) is 4.89 Å². The van der Waals surface area contributed by atoms with Crippen LogP contribution in [0.4, 0.5) is 0 Å². The number of nitrogens with zero attached hydrogens (tertiary/aromatic N) is 2. The van der Waals surface area contributed by atoms with Crippen molar-refractivity contribution < 1.29 is 19.3 Å². The van der Waals surface area contributed by atoms with Crippen molar-refractivity contribution in [2.45, 2.75) is 40.0 Å². The first-order valence-electron chi connectivity index (χ1n) is 9.66. The number of rotatable bonds is 7. The maximum atomic E-state index is 11.2. The summed E-state index contributed by atoms with van der Waals surface area (Å²) in [6, 6.07) is 16.0. The molecular formula is C23H26N2O4. The summed E-state index contributed by atoms with van der Waals surface area (Å²) < 4.78 is 7.10. The predicted molar refractivity (Wildman–Crippen MR) is 111 cm³/mol. The molecule has 6 nitrogen and oxygen atoms in total. The molecule has 0 radical (unpaired) electrons. The molecule has 1 aromatic heterocycles. The van der Waals surface area contributed by atoms with Gasteiger partial charge in [-0.05, 0) is 54.3 Å². The second-order valence-corrected chi connectivity index (χ2v) is 7.03. The van der Waals surface area contributed by atoms with Gasteiger partial charge in [0, 0.05) is 18.1 Å². The van der Waals surface area contributed by atoms with E-state index in [1.165, 1.54) is 12.5 Å². The van der Waals surface area contributed by atoms with E-state index in [1.807, 2.05) is 48.0 Å². The molecule has 0 atom stereocenters.